The van der Waals surface area contributed by atoms with Crippen molar-refractivity contribution in [2.24, 2.45) is 0 Å². The summed E-state index contributed by atoms with van der Waals surface area (Å²) >= 11 is 0. The van der Waals surface area contributed by atoms with Crippen LogP contribution in [0, 0.1) is 17.5 Å². The van der Waals surface area contributed by atoms with E-state index in [0.29, 0.717) is 27.9 Å². The molecule has 0 saturated heterocycles. The third-order valence-corrected chi connectivity index (χ3v) is 4.94. The van der Waals surface area contributed by atoms with Gasteiger partial charge in [0.1, 0.15) is 18.2 Å². The van der Waals surface area contributed by atoms with E-state index in [2.05, 4.69) is 11.6 Å². The number of rotatable bonds is 6. The maximum atomic E-state index is 13.5. The summed E-state index contributed by atoms with van der Waals surface area (Å²) in [5, 5.41) is 9.70. The lowest BCUT2D eigenvalue weighted by atomic mass is 10.0. The molecule has 1 N–H and O–H groups in total. The van der Waals surface area contributed by atoms with Gasteiger partial charge in [-0.15, -0.1) is 0 Å². The topological polar surface area (TPSA) is 59.4 Å². The highest BCUT2D eigenvalue weighted by Gasteiger charge is 2.12. The van der Waals surface area contributed by atoms with E-state index in [-0.39, 0.29) is 17.7 Å². The van der Waals surface area contributed by atoms with Gasteiger partial charge in [0, 0.05) is 22.6 Å². The molecule has 7 heteroatoms. The first kappa shape index (κ1) is 21.1. The Hall–Kier alpha value is -4.13. The van der Waals surface area contributed by atoms with Crippen LogP contribution in [0.1, 0.15) is 27.2 Å². The van der Waals surface area contributed by atoms with Crippen LogP contribution < -0.4 is 4.74 Å². The molecule has 3 aromatic carbocycles. The minimum absolute atomic E-state index is 0.0323. The maximum Gasteiger partial charge on any atom is 0.336 e. The van der Waals surface area contributed by atoms with E-state index in [1.165, 1.54) is 6.07 Å². The fourth-order valence-electron chi connectivity index (χ4n) is 3.24. The van der Waals surface area contributed by atoms with Crippen LogP contribution in [0.15, 0.2) is 73.3 Å². The van der Waals surface area contributed by atoms with Gasteiger partial charge < -0.3 is 9.84 Å². The van der Waals surface area contributed by atoms with Gasteiger partial charge in [0.15, 0.2) is 11.6 Å². The summed E-state index contributed by atoms with van der Waals surface area (Å²) in [6, 6.07) is 15.6. The van der Waals surface area contributed by atoms with Gasteiger partial charge in [-0.1, -0.05) is 24.8 Å². The molecule has 1 aromatic heterocycles. The molecule has 32 heavy (non-hydrogen) atoms. The first-order chi connectivity index (χ1) is 15.3. The summed E-state index contributed by atoms with van der Waals surface area (Å²) in [5.74, 6) is -3.17. The molecule has 0 bridgehead atoms. The largest absolute Gasteiger partial charge is 0.489 e. The van der Waals surface area contributed by atoms with Crippen molar-refractivity contribution in [2.45, 2.75) is 6.61 Å². The molecule has 0 aliphatic carbocycles. The molecule has 4 nitrogen and oxygen atoms in total. The van der Waals surface area contributed by atoms with Crippen LogP contribution >= 0.6 is 0 Å². The fraction of sp³-hybridized carbons (Fsp3) is 0.0400. The first-order valence-electron chi connectivity index (χ1n) is 9.52. The van der Waals surface area contributed by atoms with Gasteiger partial charge in [-0.05, 0) is 48.0 Å². The van der Waals surface area contributed by atoms with E-state index in [4.69, 9.17) is 4.74 Å². The highest BCUT2D eigenvalue weighted by molar-refractivity contribution is 5.89. The van der Waals surface area contributed by atoms with E-state index in [1.807, 2.05) is 0 Å². The molecule has 0 aliphatic rings. The van der Waals surface area contributed by atoms with Crippen LogP contribution in [0.25, 0.3) is 16.5 Å². The van der Waals surface area contributed by atoms with Crippen molar-refractivity contribution in [3.8, 4) is 5.75 Å². The number of ether oxygens (including phenoxy) is 1. The number of pyridine rings is 1. The van der Waals surface area contributed by atoms with Crippen molar-refractivity contribution in [1.29, 1.82) is 0 Å². The van der Waals surface area contributed by atoms with Crippen molar-refractivity contribution in [3.63, 3.8) is 0 Å². The van der Waals surface area contributed by atoms with Gasteiger partial charge in [-0.2, -0.15) is 0 Å². The minimum atomic E-state index is -1.17. The quantitative estimate of drug-likeness (QED) is 0.404. The SMILES string of the molecule is C=C(c1ccc(OCc2cc(F)ccc2C(=O)O)cc1)c1ccc2cc(F)c(F)cc2n1. The predicted molar refractivity (Wildman–Crippen MR) is 114 cm³/mol. The zero-order chi connectivity index (χ0) is 22.8. The van der Waals surface area contributed by atoms with Crippen molar-refractivity contribution in [2.75, 3.05) is 0 Å². The monoisotopic (exact) mass is 435 g/mol. The summed E-state index contributed by atoms with van der Waals surface area (Å²) in [7, 11) is 0. The first-order valence-corrected chi connectivity index (χ1v) is 9.52. The normalized spacial score (nSPS) is 10.8. The standard InChI is InChI=1S/C25H16F3NO3/c1-14(23-9-4-16-11-21(27)22(28)12-24(16)29-23)15-2-6-19(7-3-15)32-13-17-10-18(26)5-8-20(17)25(30)31/h2-12H,1,13H2,(H,30,31). The zero-order valence-electron chi connectivity index (χ0n) is 16.6. The smallest absolute Gasteiger partial charge is 0.336 e. The highest BCUT2D eigenvalue weighted by atomic mass is 19.2. The molecule has 1 heterocycles. The molecule has 0 radical (unpaired) electrons. The molecular weight excluding hydrogens is 419 g/mol. The number of aromatic nitrogens is 1. The second-order valence-corrected chi connectivity index (χ2v) is 7.05. The predicted octanol–water partition coefficient (Wildman–Crippen LogP) is 5.99. The van der Waals surface area contributed by atoms with E-state index >= 15 is 0 Å². The van der Waals surface area contributed by atoms with Gasteiger partial charge >= 0.3 is 5.97 Å². The lowest BCUT2D eigenvalue weighted by molar-refractivity contribution is 0.0694. The third kappa shape index (κ3) is 4.32. The number of halogens is 3. The van der Waals surface area contributed by atoms with Crippen molar-refractivity contribution >= 4 is 22.4 Å². The number of aromatic carboxylic acids is 1. The van der Waals surface area contributed by atoms with Gasteiger partial charge in [-0.25, -0.2) is 22.9 Å². The van der Waals surface area contributed by atoms with E-state index < -0.39 is 23.4 Å². The number of carbonyl (C=O) groups is 1. The molecule has 0 atom stereocenters. The molecule has 0 aliphatic heterocycles. The lowest BCUT2D eigenvalue weighted by Gasteiger charge is -2.11. The minimum Gasteiger partial charge on any atom is -0.489 e. The van der Waals surface area contributed by atoms with Gasteiger partial charge in [-0.3, -0.25) is 0 Å². The number of carboxylic acids is 1. The zero-order valence-corrected chi connectivity index (χ0v) is 16.6. The number of carboxylic acid groups (broad SMARTS) is 1. The lowest BCUT2D eigenvalue weighted by Crippen LogP contribution is -2.06. The van der Waals surface area contributed by atoms with Crippen molar-refractivity contribution in [1.82, 2.24) is 4.98 Å². The Morgan fingerprint density at radius 2 is 1.66 bits per heavy atom. The Balaban J connectivity index is 1.51. The Kier molecular flexibility index (Phi) is 5.64. The highest BCUT2D eigenvalue weighted by Crippen LogP contribution is 2.26. The van der Waals surface area contributed by atoms with Crippen LogP contribution in [0.2, 0.25) is 0 Å². The van der Waals surface area contributed by atoms with Gasteiger partial charge in [0.2, 0.25) is 0 Å². The second-order valence-electron chi connectivity index (χ2n) is 7.05. The maximum absolute atomic E-state index is 13.5. The van der Waals surface area contributed by atoms with Crippen LogP contribution in [0.4, 0.5) is 13.2 Å². The van der Waals surface area contributed by atoms with Gasteiger partial charge in [0.25, 0.3) is 0 Å². The average molecular weight is 435 g/mol. The number of hydrogen-bond donors (Lipinski definition) is 1. The number of fused-ring (bicyclic) bond motifs is 1. The molecule has 160 valence electrons. The average Bonchev–Trinajstić information content (AvgIpc) is 2.78. The second kappa shape index (κ2) is 8.55. The summed E-state index contributed by atoms with van der Waals surface area (Å²) in [4.78, 5) is 15.6. The Bertz CT molecular complexity index is 1350. The van der Waals surface area contributed by atoms with Crippen LogP contribution in [0.5, 0.6) is 5.75 Å². The number of hydrogen-bond acceptors (Lipinski definition) is 3. The Morgan fingerprint density at radius 3 is 2.38 bits per heavy atom. The number of benzene rings is 3. The molecule has 4 rings (SSSR count). The Morgan fingerprint density at radius 1 is 0.938 bits per heavy atom. The summed E-state index contributed by atoms with van der Waals surface area (Å²) in [6.45, 7) is 3.91. The molecular formula is C25H16F3NO3. The molecule has 0 unspecified atom stereocenters. The Labute approximate surface area is 181 Å². The number of nitrogens with zero attached hydrogens (tertiary/aromatic N) is 1. The van der Waals surface area contributed by atoms with Crippen LogP contribution in [0.3, 0.4) is 0 Å². The fourth-order valence-corrected chi connectivity index (χ4v) is 3.24. The van der Waals surface area contributed by atoms with E-state index in [0.717, 1.165) is 29.8 Å². The molecule has 0 saturated carbocycles. The van der Waals surface area contributed by atoms with Crippen molar-refractivity contribution < 1.29 is 27.8 Å². The summed E-state index contributed by atoms with van der Waals surface area (Å²) in [5.41, 5.74) is 2.30. The van der Waals surface area contributed by atoms with E-state index in [9.17, 15) is 23.1 Å². The van der Waals surface area contributed by atoms with Crippen LogP contribution in [-0.2, 0) is 6.61 Å². The summed E-state index contributed by atoms with van der Waals surface area (Å²) in [6.07, 6.45) is 0. The molecule has 0 spiro atoms. The van der Waals surface area contributed by atoms with Gasteiger partial charge in [0.05, 0.1) is 16.8 Å². The molecule has 0 amide bonds. The molecule has 0 fully saturated rings. The third-order valence-electron chi connectivity index (χ3n) is 4.94. The van der Waals surface area contributed by atoms with E-state index in [1.54, 1.807) is 36.4 Å². The van der Waals surface area contributed by atoms with Crippen LogP contribution in [-0.4, -0.2) is 16.1 Å². The summed E-state index contributed by atoms with van der Waals surface area (Å²) < 4.78 is 46.0. The molecule has 4 aromatic rings. The van der Waals surface area contributed by atoms with Crippen molar-refractivity contribution in [3.05, 3.63) is 113 Å².